The second-order valence-electron chi connectivity index (χ2n) is 4.42. The summed E-state index contributed by atoms with van der Waals surface area (Å²) in [5, 5.41) is 11.0. The summed E-state index contributed by atoms with van der Waals surface area (Å²) in [6.07, 6.45) is 3.76. The highest BCUT2D eigenvalue weighted by Gasteiger charge is 2.33. The van der Waals surface area contributed by atoms with Crippen LogP contribution in [0.5, 0.6) is 0 Å². The van der Waals surface area contributed by atoms with Gasteiger partial charge in [0.15, 0.2) is 5.78 Å². The predicted molar refractivity (Wildman–Crippen MR) is 57.8 cm³/mol. The third-order valence-electron chi connectivity index (χ3n) is 3.56. The summed E-state index contributed by atoms with van der Waals surface area (Å²) >= 11 is 0. The summed E-state index contributed by atoms with van der Waals surface area (Å²) in [4.78, 5) is 22.4. The van der Waals surface area contributed by atoms with Crippen LogP contribution in [0.2, 0.25) is 0 Å². The monoisotopic (exact) mass is 217 g/mol. The number of Topliss-reactive ketones (excluding diaryl/α,β-unsaturated/α-hetero) is 1. The fourth-order valence-corrected chi connectivity index (χ4v) is 2.89. The Labute approximate surface area is 92.4 Å². The van der Waals surface area contributed by atoms with E-state index in [1.54, 1.807) is 6.07 Å². The lowest BCUT2D eigenvalue weighted by atomic mass is 9.97. The fraction of sp³-hybridized carbons (Fsp3) is 0.417. The zero-order chi connectivity index (χ0) is 11.3. The zero-order valence-corrected chi connectivity index (χ0v) is 8.78. The summed E-state index contributed by atoms with van der Waals surface area (Å²) in [5.41, 5.74) is 3.61. The minimum absolute atomic E-state index is 0.0943. The molecule has 0 aliphatic heterocycles. The highest BCUT2D eigenvalue weighted by Crippen LogP contribution is 2.38. The molecule has 0 radical (unpaired) electrons. The summed E-state index contributed by atoms with van der Waals surface area (Å²) in [6, 6.07) is 1.68. The average Bonchev–Trinajstić information content (AvgIpc) is 2.82. The summed E-state index contributed by atoms with van der Waals surface area (Å²) in [7, 11) is 0. The number of nitrogens with zero attached hydrogens (tertiary/aromatic N) is 1. The highest BCUT2D eigenvalue weighted by molar-refractivity contribution is 6.03. The van der Waals surface area contributed by atoms with E-state index in [0.29, 0.717) is 24.0 Å². The van der Waals surface area contributed by atoms with Gasteiger partial charge in [-0.1, -0.05) is 0 Å². The molecule has 2 aliphatic carbocycles. The van der Waals surface area contributed by atoms with E-state index < -0.39 is 0 Å². The van der Waals surface area contributed by atoms with E-state index in [-0.39, 0.29) is 16.4 Å². The Hall–Kier alpha value is -1.71. The van der Waals surface area contributed by atoms with Crippen molar-refractivity contribution in [3.8, 4) is 0 Å². The molecule has 0 N–H and O–H groups in total. The molecule has 4 heteroatoms. The van der Waals surface area contributed by atoms with Gasteiger partial charge in [-0.2, -0.15) is 0 Å². The van der Waals surface area contributed by atoms with E-state index in [2.05, 4.69) is 0 Å². The molecule has 0 aromatic heterocycles. The first-order chi connectivity index (χ1) is 7.68. The Morgan fingerprint density at radius 1 is 1.12 bits per heavy atom. The molecule has 0 heterocycles. The van der Waals surface area contributed by atoms with Gasteiger partial charge in [0.1, 0.15) is 0 Å². The van der Waals surface area contributed by atoms with E-state index in [0.717, 1.165) is 30.4 Å². The van der Waals surface area contributed by atoms with Gasteiger partial charge in [-0.05, 0) is 36.8 Å². The normalized spacial score (nSPS) is 17.4. The van der Waals surface area contributed by atoms with Crippen LogP contribution in [0.15, 0.2) is 6.07 Å². The van der Waals surface area contributed by atoms with Crippen LogP contribution < -0.4 is 0 Å². The van der Waals surface area contributed by atoms with Gasteiger partial charge in [-0.25, -0.2) is 0 Å². The van der Waals surface area contributed by atoms with Crippen molar-refractivity contribution >= 4 is 11.5 Å². The van der Waals surface area contributed by atoms with Gasteiger partial charge < -0.3 is 0 Å². The van der Waals surface area contributed by atoms with E-state index in [9.17, 15) is 14.9 Å². The molecule has 0 fully saturated rings. The number of benzene rings is 1. The molecular weight excluding hydrogens is 206 g/mol. The smallest absolute Gasteiger partial charge is 0.273 e. The van der Waals surface area contributed by atoms with Gasteiger partial charge in [0, 0.05) is 23.6 Å². The first-order valence-corrected chi connectivity index (χ1v) is 5.53. The number of rotatable bonds is 1. The lowest BCUT2D eigenvalue weighted by Gasteiger charge is -2.06. The van der Waals surface area contributed by atoms with Crippen molar-refractivity contribution in [1.29, 1.82) is 0 Å². The molecule has 0 atom stereocenters. The van der Waals surface area contributed by atoms with Gasteiger partial charge in [0.2, 0.25) is 0 Å². The van der Waals surface area contributed by atoms with Crippen LogP contribution in [0.1, 0.15) is 39.9 Å². The lowest BCUT2D eigenvalue weighted by molar-refractivity contribution is -0.385. The molecule has 2 aliphatic rings. The van der Waals surface area contributed by atoms with Crippen LogP contribution >= 0.6 is 0 Å². The third kappa shape index (κ3) is 1.13. The molecule has 3 rings (SSSR count). The van der Waals surface area contributed by atoms with E-state index in [4.69, 9.17) is 0 Å². The van der Waals surface area contributed by atoms with Crippen LogP contribution in [-0.4, -0.2) is 10.7 Å². The SMILES string of the molecule is O=C1CCc2c([N+](=O)[O-])cc3c(c21)CCC3. The van der Waals surface area contributed by atoms with Gasteiger partial charge in [-0.3, -0.25) is 14.9 Å². The van der Waals surface area contributed by atoms with Crippen LogP contribution in [0.3, 0.4) is 0 Å². The van der Waals surface area contributed by atoms with E-state index in [1.807, 2.05) is 0 Å². The molecule has 0 amide bonds. The van der Waals surface area contributed by atoms with Crippen LogP contribution in [-0.2, 0) is 19.3 Å². The molecule has 0 bridgehead atoms. The van der Waals surface area contributed by atoms with Crippen molar-refractivity contribution < 1.29 is 9.72 Å². The van der Waals surface area contributed by atoms with Crippen molar-refractivity contribution in [2.24, 2.45) is 0 Å². The highest BCUT2D eigenvalue weighted by atomic mass is 16.6. The lowest BCUT2D eigenvalue weighted by Crippen LogP contribution is -2.02. The van der Waals surface area contributed by atoms with E-state index in [1.165, 1.54) is 0 Å². The molecule has 0 unspecified atom stereocenters. The maximum absolute atomic E-state index is 11.8. The van der Waals surface area contributed by atoms with Crippen LogP contribution in [0.4, 0.5) is 5.69 Å². The molecule has 82 valence electrons. The minimum Gasteiger partial charge on any atom is -0.294 e. The number of carbonyl (C=O) groups is 1. The van der Waals surface area contributed by atoms with Crippen molar-refractivity contribution in [2.45, 2.75) is 32.1 Å². The number of ketones is 1. The number of hydrogen-bond acceptors (Lipinski definition) is 3. The Bertz CT molecular complexity index is 519. The minimum atomic E-state index is -0.351. The number of fused-ring (bicyclic) bond motifs is 3. The van der Waals surface area contributed by atoms with Gasteiger partial charge in [0.05, 0.1) is 4.92 Å². The second kappa shape index (κ2) is 3.14. The first-order valence-electron chi connectivity index (χ1n) is 5.53. The molecule has 0 spiro atoms. The standard InChI is InChI=1S/C12H11NO3/c14-11-5-4-9-10(13(15)16)6-7-2-1-3-8(7)12(9)11/h6H,1-5H2. The molecular formula is C12H11NO3. The summed E-state index contributed by atoms with van der Waals surface area (Å²) < 4.78 is 0. The Morgan fingerprint density at radius 3 is 2.69 bits per heavy atom. The maximum Gasteiger partial charge on any atom is 0.273 e. The third-order valence-corrected chi connectivity index (χ3v) is 3.56. The topological polar surface area (TPSA) is 60.2 Å². The van der Waals surface area contributed by atoms with Gasteiger partial charge in [-0.15, -0.1) is 0 Å². The molecule has 0 saturated heterocycles. The van der Waals surface area contributed by atoms with Crippen molar-refractivity contribution in [1.82, 2.24) is 0 Å². The molecule has 1 aromatic rings. The van der Waals surface area contributed by atoms with Crippen LogP contribution in [0.25, 0.3) is 0 Å². The fourth-order valence-electron chi connectivity index (χ4n) is 2.89. The number of nitro benzene ring substituents is 1. The largest absolute Gasteiger partial charge is 0.294 e. The predicted octanol–water partition coefficient (Wildman–Crippen LogP) is 2.21. The van der Waals surface area contributed by atoms with Crippen molar-refractivity contribution in [3.63, 3.8) is 0 Å². The Balaban J connectivity index is 2.33. The Kier molecular flexibility index (Phi) is 1.87. The number of carbonyl (C=O) groups excluding carboxylic acids is 1. The first kappa shape index (κ1) is 9.51. The molecule has 16 heavy (non-hydrogen) atoms. The number of nitro groups is 1. The second-order valence-corrected chi connectivity index (χ2v) is 4.42. The maximum atomic E-state index is 11.8. The van der Waals surface area contributed by atoms with E-state index >= 15 is 0 Å². The van der Waals surface area contributed by atoms with Crippen LogP contribution in [0, 0.1) is 10.1 Å². The van der Waals surface area contributed by atoms with Crippen molar-refractivity contribution in [3.05, 3.63) is 38.4 Å². The molecule has 4 nitrogen and oxygen atoms in total. The summed E-state index contributed by atoms with van der Waals surface area (Å²) in [5.74, 6) is 0.0943. The number of aryl methyl sites for hydroxylation is 1. The Morgan fingerprint density at radius 2 is 1.94 bits per heavy atom. The van der Waals surface area contributed by atoms with Gasteiger partial charge >= 0.3 is 0 Å². The number of hydrogen-bond donors (Lipinski definition) is 0. The average molecular weight is 217 g/mol. The quantitative estimate of drug-likeness (QED) is 0.535. The molecule has 0 saturated carbocycles. The molecule has 1 aromatic carbocycles. The summed E-state index contributed by atoms with van der Waals surface area (Å²) in [6.45, 7) is 0. The van der Waals surface area contributed by atoms with Gasteiger partial charge in [0.25, 0.3) is 5.69 Å². The zero-order valence-electron chi connectivity index (χ0n) is 8.78. The van der Waals surface area contributed by atoms with Crippen molar-refractivity contribution in [2.75, 3.05) is 0 Å².